The fourth-order valence-corrected chi connectivity index (χ4v) is 2.98. The third-order valence-corrected chi connectivity index (χ3v) is 5.53. The molecule has 1 rings (SSSR count). The molecule has 0 bridgehead atoms. The predicted octanol–water partition coefficient (Wildman–Crippen LogP) is 11.0. The lowest BCUT2D eigenvalue weighted by atomic mass is 10.1. The van der Waals surface area contributed by atoms with E-state index in [4.69, 9.17) is 0 Å². The quantitative estimate of drug-likeness (QED) is 0.163. The van der Waals surface area contributed by atoms with E-state index in [0.717, 1.165) is 31.2 Å². The van der Waals surface area contributed by atoms with Crippen molar-refractivity contribution in [3.63, 3.8) is 0 Å². The summed E-state index contributed by atoms with van der Waals surface area (Å²) in [4.78, 5) is 2.25. The molecule has 1 aliphatic rings. The SMILES string of the molecule is C=CC(C)C.C=CCC.C=CCCN(C)/C=C/CCCCCCCCCC1CC1C.CCC. The summed E-state index contributed by atoms with van der Waals surface area (Å²) in [6, 6.07) is 0. The van der Waals surface area contributed by atoms with Crippen molar-refractivity contribution in [3.05, 3.63) is 50.2 Å². The molecule has 0 aromatic heterocycles. The Morgan fingerprint density at radius 2 is 1.30 bits per heavy atom. The first-order valence-corrected chi connectivity index (χ1v) is 14.0. The summed E-state index contributed by atoms with van der Waals surface area (Å²) < 4.78 is 0. The predicted molar refractivity (Wildman–Crippen MR) is 157 cm³/mol. The molecule has 0 N–H and O–H groups in total. The lowest BCUT2D eigenvalue weighted by Crippen LogP contribution is -2.10. The van der Waals surface area contributed by atoms with E-state index in [1.54, 1.807) is 0 Å². The second-order valence-corrected chi connectivity index (χ2v) is 9.85. The lowest BCUT2D eigenvalue weighted by Gasteiger charge is -2.11. The van der Waals surface area contributed by atoms with Gasteiger partial charge in [0.1, 0.15) is 0 Å². The van der Waals surface area contributed by atoms with Crippen LogP contribution in [0.3, 0.4) is 0 Å². The number of rotatable bonds is 16. The minimum atomic E-state index is 0.648. The molecule has 0 amide bonds. The van der Waals surface area contributed by atoms with Crippen LogP contribution in [0.25, 0.3) is 0 Å². The summed E-state index contributed by atoms with van der Waals surface area (Å²) in [6.07, 6.45) is 28.0. The van der Waals surface area contributed by atoms with E-state index in [1.165, 1.54) is 70.6 Å². The molecule has 0 radical (unpaired) electrons. The van der Waals surface area contributed by atoms with Crippen LogP contribution < -0.4 is 0 Å². The third-order valence-electron chi connectivity index (χ3n) is 5.53. The largest absolute Gasteiger partial charge is 0.380 e. The zero-order valence-corrected chi connectivity index (χ0v) is 24.1. The Hall–Kier alpha value is -1.24. The van der Waals surface area contributed by atoms with Crippen molar-refractivity contribution in [3.8, 4) is 0 Å². The van der Waals surface area contributed by atoms with E-state index in [9.17, 15) is 0 Å². The van der Waals surface area contributed by atoms with Gasteiger partial charge in [0.15, 0.2) is 0 Å². The highest BCUT2D eigenvalue weighted by Gasteiger charge is 2.31. The fourth-order valence-electron chi connectivity index (χ4n) is 2.98. The molecule has 1 saturated carbocycles. The lowest BCUT2D eigenvalue weighted by molar-refractivity contribution is 0.462. The number of hydrogen-bond acceptors (Lipinski definition) is 1. The highest BCUT2D eigenvalue weighted by molar-refractivity contribution is 4.82. The third kappa shape index (κ3) is 38.3. The van der Waals surface area contributed by atoms with Crippen LogP contribution in [0.1, 0.15) is 125 Å². The van der Waals surface area contributed by atoms with E-state index in [2.05, 4.69) is 85.5 Å². The van der Waals surface area contributed by atoms with Gasteiger partial charge in [0.25, 0.3) is 0 Å². The molecule has 196 valence electrons. The zero-order valence-electron chi connectivity index (χ0n) is 24.1. The van der Waals surface area contributed by atoms with Gasteiger partial charge in [0.2, 0.25) is 0 Å². The average molecular weight is 462 g/mol. The van der Waals surface area contributed by atoms with E-state index in [1.807, 2.05) is 18.2 Å². The molecule has 2 atom stereocenters. The summed E-state index contributed by atoms with van der Waals surface area (Å²) in [6.45, 7) is 24.8. The Bertz CT molecular complexity index is 420. The van der Waals surface area contributed by atoms with Gasteiger partial charge in [0.05, 0.1) is 0 Å². The molecule has 1 heteroatoms. The summed E-state index contributed by atoms with van der Waals surface area (Å²) in [7, 11) is 2.14. The van der Waals surface area contributed by atoms with Crippen LogP contribution in [-0.2, 0) is 0 Å². The Morgan fingerprint density at radius 3 is 1.70 bits per heavy atom. The summed E-state index contributed by atoms with van der Waals surface area (Å²) in [5, 5.41) is 0. The van der Waals surface area contributed by atoms with Gasteiger partial charge in [-0.05, 0) is 56.1 Å². The van der Waals surface area contributed by atoms with Crippen molar-refractivity contribution < 1.29 is 0 Å². The van der Waals surface area contributed by atoms with Crippen LogP contribution in [0.5, 0.6) is 0 Å². The van der Waals surface area contributed by atoms with Gasteiger partial charge in [-0.15, -0.1) is 19.7 Å². The van der Waals surface area contributed by atoms with Gasteiger partial charge in [0, 0.05) is 13.6 Å². The van der Waals surface area contributed by atoms with Crippen molar-refractivity contribution in [2.75, 3.05) is 13.6 Å². The van der Waals surface area contributed by atoms with Gasteiger partial charge in [-0.2, -0.15) is 0 Å². The van der Waals surface area contributed by atoms with Crippen molar-refractivity contribution in [2.24, 2.45) is 17.8 Å². The van der Waals surface area contributed by atoms with E-state index in [0.29, 0.717) is 5.92 Å². The topological polar surface area (TPSA) is 3.24 Å². The monoisotopic (exact) mass is 461 g/mol. The first kappa shape index (κ1) is 36.3. The van der Waals surface area contributed by atoms with Gasteiger partial charge in [-0.1, -0.05) is 117 Å². The van der Waals surface area contributed by atoms with Crippen LogP contribution in [0.15, 0.2) is 50.2 Å². The van der Waals surface area contributed by atoms with Crippen molar-refractivity contribution in [1.29, 1.82) is 0 Å². The maximum absolute atomic E-state index is 3.75. The first-order chi connectivity index (χ1) is 15.8. The zero-order chi connectivity index (χ0) is 25.7. The maximum atomic E-state index is 3.75. The van der Waals surface area contributed by atoms with Crippen LogP contribution in [-0.4, -0.2) is 18.5 Å². The highest BCUT2D eigenvalue weighted by Crippen LogP contribution is 2.41. The van der Waals surface area contributed by atoms with Crippen LogP contribution in [0, 0.1) is 17.8 Å². The molecule has 1 aliphatic carbocycles. The minimum Gasteiger partial charge on any atom is -0.380 e. The van der Waals surface area contributed by atoms with E-state index >= 15 is 0 Å². The molecule has 0 heterocycles. The molecule has 0 aromatic rings. The molecule has 2 unspecified atom stereocenters. The fraction of sp³-hybridized carbons (Fsp3) is 0.750. The molecule has 0 aromatic carbocycles. The van der Waals surface area contributed by atoms with Crippen molar-refractivity contribution in [2.45, 2.75) is 125 Å². The number of allylic oxidation sites excluding steroid dienone is 3. The average Bonchev–Trinajstić information content (AvgIpc) is 3.51. The second kappa shape index (κ2) is 30.8. The Balaban J connectivity index is -0.000000619. The van der Waals surface area contributed by atoms with Gasteiger partial charge >= 0.3 is 0 Å². The Labute approximate surface area is 211 Å². The van der Waals surface area contributed by atoms with Crippen LogP contribution in [0.2, 0.25) is 0 Å². The standard InChI is InChI=1S/C20H37N.C5H10.C4H8.C3H8/c1-4-5-16-21(3)17-14-12-10-8-6-7-9-11-13-15-20-18-19(20)2;1-4-5(2)3;1-3-4-2;1-3-2/h4,14,17,19-20H,1,5-13,15-16,18H2,2-3H3;4-5H,1H2,2-3H3;3H,1,4H2,2H3;3H2,1-2H3/b17-14+;;;. The van der Waals surface area contributed by atoms with Crippen LogP contribution in [0.4, 0.5) is 0 Å². The number of nitrogens with zero attached hydrogens (tertiary/aromatic N) is 1. The van der Waals surface area contributed by atoms with Crippen LogP contribution >= 0.6 is 0 Å². The second-order valence-electron chi connectivity index (χ2n) is 9.85. The molecule has 0 aliphatic heterocycles. The molecule has 1 fully saturated rings. The molecule has 1 nitrogen and oxygen atoms in total. The van der Waals surface area contributed by atoms with E-state index < -0.39 is 0 Å². The molecular weight excluding hydrogens is 398 g/mol. The molecule has 33 heavy (non-hydrogen) atoms. The summed E-state index contributed by atoms with van der Waals surface area (Å²) >= 11 is 0. The molecular formula is C32H63N. The van der Waals surface area contributed by atoms with Gasteiger partial charge in [-0.25, -0.2) is 0 Å². The van der Waals surface area contributed by atoms with Gasteiger partial charge < -0.3 is 4.90 Å². The summed E-state index contributed by atoms with van der Waals surface area (Å²) in [5.74, 6) is 2.80. The normalized spacial score (nSPS) is 15.9. The highest BCUT2D eigenvalue weighted by atomic mass is 15.1. The minimum absolute atomic E-state index is 0.648. The smallest absolute Gasteiger partial charge is 0.0203 e. The van der Waals surface area contributed by atoms with Crippen molar-refractivity contribution >= 4 is 0 Å². The number of unbranched alkanes of at least 4 members (excludes halogenated alkanes) is 7. The Kier molecular flexibility index (Phi) is 33.9. The Morgan fingerprint density at radius 1 is 0.848 bits per heavy atom. The van der Waals surface area contributed by atoms with Gasteiger partial charge in [-0.3, -0.25) is 0 Å². The number of hydrogen-bond donors (Lipinski definition) is 0. The molecule has 0 saturated heterocycles. The van der Waals surface area contributed by atoms with E-state index in [-0.39, 0.29) is 0 Å². The maximum Gasteiger partial charge on any atom is 0.0203 e. The molecule has 0 spiro atoms. The first-order valence-electron chi connectivity index (χ1n) is 14.0. The summed E-state index contributed by atoms with van der Waals surface area (Å²) in [5.41, 5.74) is 0. The van der Waals surface area contributed by atoms with Crippen molar-refractivity contribution in [1.82, 2.24) is 4.90 Å².